The molecule has 0 spiro atoms. The number of carboxylic acid groups (broad SMARTS) is 2. The van der Waals surface area contributed by atoms with Crippen LogP contribution in [0.5, 0.6) is 5.75 Å². The topological polar surface area (TPSA) is 95.9 Å². The van der Waals surface area contributed by atoms with Gasteiger partial charge in [0.25, 0.3) is 0 Å². The number of halogens is 3. The number of alkyl halides is 3. The molecule has 2 aromatic rings. The van der Waals surface area contributed by atoms with Crippen molar-refractivity contribution in [1.82, 2.24) is 5.32 Å². The molecule has 0 saturated heterocycles. The molecule has 6 nitrogen and oxygen atoms in total. The van der Waals surface area contributed by atoms with Crippen LogP contribution in [0.2, 0.25) is 0 Å². The monoisotopic (exact) mass is 453 g/mol. The van der Waals surface area contributed by atoms with Gasteiger partial charge in [-0.3, -0.25) is 4.79 Å². The summed E-state index contributed by atoms with van der Waals surface area (Å²) < 4.78 is 37.7. The number of hydrogen-bond donors (Lipinski definition) is 3. The molecule has 0 heterocycles. The summed E-state index contributed by atoms with van der Waals surface area (Å²) >= 11 is 0. The van der Waals surface area contributed by atoms with E-state index in [2.05, 4.69) is 41.7 Å². The van der Waals surface area contributed by atoms with Crippen LogP contribution >= 0.6 is 0 Å². The quantitative estimate of drug-likeness (QED) is 0.470. The number of aryl methyl sites for hydroxylation is 1. The van der Waals surface area contributed by atoms with Gasteiger partial charge in [-0.2, -0.15) is 13.2 Å². The summed E-state index contributed by atoms with van der Waals surface area (Å²) in [5.74, 6) is -2.07. The highest BCUT2D eigenvalue weighted by molar-refractivity contribution is 5.73. The number of rotatable bonds is 10. The fourth-order valence-corrected chi connectivity index (χ4v) is 3.20. The third-order valence-electron chi connectivity index (χ3n) is 4.91. The van der Waals surface area contributed by atoms with Gasteiger partial charge in [-0.25, -0.2) is 4.79 Å². The zero-order valence-electron chi connectivity index (χ0n) is 17.4. The van der Waals surface area contributed by atoms with Crippen molar-refractivity contribution in [2.24, 2.45) is 0 Å². The molecule has 2 aromatic carbocycles. The summed E-state index contributed by atoms with van der Waals surface area (Å²) in [4.78, 5) is 19.3. The Hall–Kier alpha value is -3.07. The summed E-state index contributed by atoms with van der Waals surface area (Å²) in [5, 5.41) is 18.8. The van der Waals surface area contributed by atoms with E-state index >= 15 is 0 Å². The van der Waals surface area contributed by atoms with Gasteiger partial charge in [0.2, 0.25) is 0 Å². The first-order chi connectivity index (χ1) is 15.2. The minimum Gasteiger partial charge on any atom is -0.493 e. The second-order valence-electron chi connectivity index (χ2n) is 7.36. The van der Waals surface area contributed by atoms with Crippen molar-refractivity contribution in [2.75, 3.05) is 19.7 Å². The van der Waals surface area contributed by atoms with Crippen molar-refractivity contribution < 1.29 is 37.7 Å². The molecule has 1 atom stereocenters. The number of carbonyl (C=O) groups is 2. The Morgan fingerprint density at radius 1 is 1.03 bits per heavy atom. The summed E-state index contributed by atoms with van der Waals surface area (Å²) in [6.45, 7) is 2.11. The van der Waals surface area contributed by atoms with Gasteiger partial charge in [0.05, 0.1) is 13.0 Å². The molecule has 0 amide bonds. The molecule has 0 radical (unpaired) electrons. The van der Waals surface area contributed by atoms with E-state index in [1.165, 1.54) is 16.7 Å². The maximum atomic E-state index is 10.6. The average Bonchev–Trinajstić information content (AvgIpc) is 2.72. The number of fused-ring (bicyclic) bond motifs is 1. The van der Waals surface area contributed by atoms with Crippen LogP contribution in [0.4, 0.5) is 13.2 Å². The largest absolute Gasteiger partial charge is 0.493 e. The molecular formula is C23H26F3NO5. The van der Waals surface area contributed by atoms with E-state index < -0.39 is 18.1 Å². The van der Waals surface area contributed by atoms with E-state index in [9.17, 15) is 18.0 Å². The van der Waals surface area contributed by atoms with Crippen LogP contribution in [0.25, 0.3) is 0 Å². The molecule has 0 fully saturated rings. The summed E-state index contributed by atoms with van der Waals surface area (Å²) in [6.07, 6.45) is -1.81. The molecule has 3 rings (SSSR count). The van der Waals surface area contributed by atoms with Crippen LogP contribution in [0.3, 0.4) is 0 Å². The van der Waals surface area contributed by atoms with Crippen molar-refractivity contribution in [3.05, 3.63) is 65.2 Å². The van der Waals surface area contributed by atoms with E-state index in [0.717, 1.165) is 38.2 Å². The number of aliphatic carboxylic acids is 2. The number of nitrogens with one attached hydrogen (secondary N) is 1. The third kappa shape index (κ3) is 8.58. The first-order valence-corrected chi connectivity index (χ1v) is 10.2. The van der Waals surface area contributed by atoms with E-state index in [4.69, 9.17) is 19.7 Å². The van der Waals surface area contributed by atoms with Gasteiger partial charge in [0, 0.05) is 12.5 Å². The Balaban J connectivity index is 0.000000451. The predicted molar refractivity (Wildman–Crippen MR) is 112 cm³/mol. The van der Waals surface area contributed by atoms with Crippen LogP contribution in [0.15, 0.2) is 48.5 Å². The predicted octanol–water partition coefficient (Wildman–Crippen LogP) is 4.04. The zero-order chi connectivity index (χ0) is 23.6. The van der Waals surface area contributed by atoms with Crippen molar-refractivity contribution in [1.29, 1.82) is 0 Å². The molecule has 0 aromatic heterocycles. The maximum absolute atomic E-state index is 10.6. The molecule has 1 aliphatic rings. The minimum absolute atomic E-state index is 0.178. The van der Waals surface area contributed by atoms with Crippen LogP contribution in [-0.4, -0.2) is 48.0 Å². The number of ether oxygens (including phenoxy) is 1. The van der Waals surface area contributed by atoms with E-state index in [1.54, 1.807) is 0 Å². The van der Waals surface area contributed by atoms with Crippen molar-refractivity contribution in [2.45, 2.75) is 37.8 Å². The van der Waals surface area contributed by atoms with Gasteiger partial charge in [0.1, 0.15) is 5.75 Å². The lowest BCUT2D eigenvalue weighted by Gasteiger charge is -2.29. The first kappa shape index (κ1) is 25.2. The SMILES string of the molecule is O=C(O)C(F)(F)F.O=C(O)CCNCCCc1ccc(OCC2Cc3ccccc32)cc1. The van der Waals surface area contributed by atoms with Gasteiger partial charge < -0.3 is 20.3 Å². The lowest BCUT2D eigenvalue weighted by molar-refractivity contribution is -0.192. The molecule has 3 N–H and O–H groups in total. The van der Waals surface area contributed by atoms with Crippen molar-refractivity contribution >= 4 is 11.9 Å². The number of carboxylic acids is 2. The summed E-state index contributed by atoms with van der Waals surface area (Å²) in [7, 11) is 0. The minimum atomic E-state index is -5.08. The van der Waals surface area contributed by atoms with E-state index in [-0.39, 0.29) is 6.42 Å². The number of benzene rings is 2. The Bertz CT molecular complexity index is 884. The van der Waals surface area contributed by atoms with Crippen LogP contribution in [-0.2, 0) is 22.4 Å². The highest BCUT2D eigenvalue weighted by atomic mass is 19.4. The highest BCUT2D eigenvalue weighted by Crippen LogP contribution is 2.35. The molecule has 0 aliphatic heterocycles. The number of hydrogen-bond acceptors (Lipinski definition) is 4. The Morgan fingerprint density at radius 2 is 1.69 bits per heavy atom. The Labute approximate surface area is 184 Å². The second-order valence-corrected chi connectivity index (χ2v) is 7.36. The van der Waals surface area contributed by atoms with Gasteiger partial charge in [0.15, 0.2) is 0 Å². The molecular weight excluding hydrogens is 427 g/mol. The molecule has 32 heavy (non-hydrogen) atoms. The molecule has 1 aliphatic carbocycles. The Kier molecular flexibility index (Phi) is 9.52. The van der Waals surface area contributed by atoms with Gasteiger partial charge >= 0.3 is 18.1 Å². The van der Waals surface area contributed by atoms with Crippen molar-refractivity contribution in [3.8, 4) is 5.75 Å². The van der Waals surface area contributed by atoms with Crippen LogP contribution in [0, 0.1) is 0 Å². The van der Waals surface area contributed by atoms with Crippen LogP contribution in [0.1, 0.15) is 35.4 Å². The fraction of sp³-hybridized carbons (Fsp3) is 0.391. The van der Waals surface area contributed by atoms with Crippen molar-refractivity contribution in [3.63, 3.8) is 0 Å². The normalized spacial score (nSPS) is 14.4. The van der Waals surface area contributed by atoms with Crippen LogP contribution < -0.4 is 10.1 Å². The molecule has 9 heteroatoms. The highest BCUT2D eigenvalue weighted by Gasteiger charge is 2.38. The zero-order valence-corrected chi connectivity index (χ0v) is 17.4. The standard InChI is InChI=1S/C21H25NO3.C2HF3O2/c23-21(24)11-13-22-12-3-4-16-7-9-19(10-8-16)25-15-18-14-17-5-1-2-6-20(17)18;3-2(4,5)1(6)7/h1-2,5-10,18,22H,3-4,11-15H2,(H,23,24);(H,6,7). The average molecular weight is 453 g/mol. The fourth-order valence-electron chi connectivity index (χ4n) is 3.20. The molecule has 1 unspecified atom stereocenters. The molecule has 0 bridgehead atoms. The summed E-state index contributed by atoms with van der Waals surface area (Å²) in [6, 6.07) is 16.9. The molecule has 174 valence electrons. The third-order valence-corrected chi connectivity index (χ3v) is 4.91. The summed E-state index contributed by atoms with van der Waals surface area (Å²) in [5.41, 5.74) is 4.15. The smallest absolute Gasteiger partial charge is 0.490 e. The van der Waals surface area contributed by atoms with E-state index in [1.807, 2.05) is 12.1 Å². The van der Waals surface area contributed by atoms with Gasteiger partial charge in [-0.1, -0.05) is 36.4 Å². The Morgan fingerprint density at radius 3 is 2.28 bits per heavy atom. The maximum Gasteiger partial charge on any atom is 0.490 e. The van der Waals surface area contributed by atoms with E-state index in [0.29, 0.717) is 12.5 Å². The van der Waals surface area contributed by atoms with Gasteiger partial charge in [-0.05, 0) is 54.6 Å². The van der Waals surface area contributed by atoms with Gasteiger partial charge in [-0.15, -0.1) is 0 Å². The molecule has 0 saturated carbocycles. The second kappa shape index (κ2) is 12.1. The lowest BCUT2D eigenvalue weighted by Crippen LogP contribution is -2.23. The lowest BCUT2D eigenvalue weighted by atomic mass is 9.78. The first-order valence-electron chi connectivity index (χ1n) is 10.2.